The van der Waals surface area contributed by atoms with Crippen LogP contribution in [-0.2, 0) is 17.7 Å². The summed E-state index contributed by atoms with van der Waals surface area (Å²) in [5.41, 5.74) is 4.80. The standard InChI is InChI=1S/C21H22N2O2S/c1-13-15-6-4-5-7-17(15)22-18(20(13)21(24)25-3)12-23-10-8-19-16(14(23)2)9-11-26-19/h4-7,9,11,14H,8,10,12H2,1-3H3/p+1/t14-/m1/s1. The number of nitrogens with zero attached hydrogens (tertiary/aromatic N) is 1. The summed E-state index contributed by atoms with van der Waals surface area (Å²) in [4.78, 5) is 20.3. The number of fused-ring (bicyclic) bond motifs is 2. The van der Waals surface area contributed by atoms with Crippen LogP contribution < -0.4 is 4.90 Å². The number of thiophene rings is 1. The normalized spacial score (nSPS) is 19.3. The van der Waals surface area contributed by atoms with Crippen molar-refractivity contribution in [3.8, 4) is 0 Å². The number of methoxy groups -OCH3 is 1. The first-order chi connectivity index (χ1) is 12.6. The maximum atomic E-state index is 12.5. The molecule has 5 heteroatoms. The SMILES string of the molecule is COC(=O)c1c(C[NH+]2CCc3sccc3[C@H]2C)nc2ccccc2c1C. The third-order valence-corrected chi connectivity index (χ3v) is 6.54. The molecule has 0 saturated heterocycles. The van der Waals surface area contributed by atoms with Crippen LogP contribution in [0.25, 0.3) is 10.9 Å². The summed E-state index contributed by atoms with van der Waals surface area (Å²) < 4.78 is 5.08. The Labute approximate surface area is 157 Å². The second kappa shape index (κ2) is 6.82. The van der Waals surface area contributed by atoms with E-state index in [2.05, 4.69) is 18.4 Å². The van der Waals surface area contributed by atoms with Gasteiger partial charge in [0.25, 0.3) is 0 Å². The van der Waals surface area contributed by atoms with E-state index in [-0.39, 0.29) is 5.97 Å². The Hall–Kier alpha value is -2.24. The molecule has 0 fully saturated rings. The number of aromatic nitrogens is 1. The lowest BCUT2D eigenvalue weighted by atomic mass is 9.98. The average Bonchev–Trinajstić information content (AvgIpc) is 3.13. The molecule has 4 rings (SSSR count). The zero-order valence-corrected chi connectivity index (χ0v) is 16.2. The van der Waals surface area contributed by atoms with Crippen LogP contribution in [0, 0.1) is 6.92 Å². The average molecular weight is 367 g/mol. The van der Waals surface area contributed by atoms with E-state index >= 15 is 0 Å². The molecule has 0 spiro atoms. The molecule has 1 aliphatic heterocycles. The topological polar surface area (TPSA) is 43.6 Å². The summed E-state index contributed by atoms with van der Waals surface area (Å²) >= 11 is 1.85. The van der Waals surface area contributed by atoms with Crippen molar-refractivity contribution in [1.29, 1.82) is 0 Å². The number of ether oxygens (including phenoxy) is 1. The molecular weight excluding hydrogens is 344 g/mol. The van der Waals surface area contributed by atoms with E-state index in [1.165, 1.54) is 22.5 Å². The van der Waals surface area contributed by atoms with E-state index in [4.69, 9.17) is 9.72 Å². The van der Waals surface area contributed by atoms with Crippen molar-refractivity contribution in [1.82, 2.24) is 4.98 Å². The largest absolute Gasteiger partial charge is 0.465 e. The molecule has 0 radical (unpaired) electrons. The van der Waals surface area contributed by atoms with Gasteiger partial charge in [0.1, 0.15) is 18.3 Å². The molecular formula is C21H23N2O2S+. The molecule has 3 aromatic rings. The maximum absolute atomic E-state index is 12.5. The zero-order valence-electron chi connectivity index (χ0n) is 15.3. The molecule has 1 N–H and O–H groups in total. The Balaban J connectivity index is 1.77. The number of pyridine rings is 1. The minimum atomic E-state index is -0.295. The van der Waals surface area contributed by atoms with Crippen LogP contribution >= 0.6 is 11.3 Å². The van der Waals surface area contributed by atoms with Crippen LogP contribution in [0.3, 0.4) is 0 Å². The highest BCUT2D eigenvalue weighted by molar-refractivity contribution is 7.10. The second-order valence-corrected chi connectivity index (χ2v) is 7.92. The van der Waals surface area contributed by atoms with Gasteiger partial charge >= 0.3 is 5.97 Å². The fourth-order valence-electron chi connectivity index (χ4n) is 4.05. The Morgan fingerprint density at radius 1 is 1.35 bits per heavy atom. The van der Waals surface area contributed by atoms with Gasteiger partial charge in [-0.25, -0.2) is 9.78 Å². The van der Waals surface area contributed by atoms with E-state index in [1.807, 2.05) is 42.5 Å². The molecule has 1 unspecified atom stereocenters. The number of carbonyl (C=O) groups is 1. The van der Waals surface area contributed by atoms with Gasteiger partial charge in [-0.3, -0.25) is 0 Å². The number of para-hydroxylation sites is 1. The first kappa shape index (κ1) is 17.2. The first-order valence-corrected chi connectivity index (χ1v) is 9.85. The lowest BCUT2D eigenvalue weighted by Gasteiger charge is -2.30. The van der Waals surface area contributed by atoms with Gasteiger partial charge in [0.2, 0.25) is 0 Å². The monoisotopic (exact) mass is 367 g/mol. The number of rotatable bonds is 3. The van der Waals surface area contributed by atoms with Gasteiger partial charge in [0, 0.05) is 22.2 Å². The molecule has 1 aromatic carbocycles. The van der Waals surface area contributed by atoms with Crippen LogP contribution in [0.2, 0.25) is 0 Å². The molecule has 1 aliphatic rings. The van der Waals surface area contributed by atoms with Crippen molar-refractivity contribution in [2.75, 3.05) is 13.7 Å². The van der Waals surface area contributed by atoms with E-state index < -0.39 is 0 Å². The Kier molecular flexibility index (Phi) is 4.51. The van der Waals surface area contributed by atoms with E-state index in [1.54, 1.807) is 0 Å². The van der Waals surface area contributed by atoms with Crippen LogP contribution in [0.1, 0.15) is 45.0 Å². The van der Waals surface area contributed by atoms with Crippen molar-refractivity contribution in [3.63, 3.8) is 0 Å². The smallest absolute Gasteiger partial charge is 0.340 e. The number of hydrogen-bond acceptors (Lipinski definition) is 4. The Morgan fingerprint density at radius 2 is 2.15 bits per heavy atom. The van der Waals surface area contributed by atoms with Gasteiger partial charge in [-0.2, -0.15) is 0 Å². The minimum Gasteiger partial charge on any atom is -0.465 e. The van der Waals surface area contributed by atoms with Crippen LogP contribution in [0.15, 0.2) is 35.7 Å². The van der Waals surface area contributed by atoms with Crippen molar-refractivity contribution in [2.45, 2.75) is 32.9 Å². The quantitative estimate of drug-likeness (QED) is 0.724. The predicted octanol–water partition coefficient (Wildman–Crippen LogP) is 3.09. The summed E-state index contributed by atoms with van der Waals surface area (Å²) in [6, 6.07) is 10.6. The van der Waals surface area contributed by atoms with E-state index in [0.29, 0.717) is 11.6 Å². The zero-order chi connectivity index (χ0) is 18.3. The Bertz CT molecular complexity index is 979. The molecule has 3 heterocycles. The van der Waals surface area contributed by atoms with E-state index in [0.717, 1.165) is 41.7 Å². The van der Waals surface area contributed by atoms with Gasteiger partial charge in [-0.05, 0) is 36.9 Å². The molecule has 0 aliphatic carbocycles. The molecule has 2 atom stereocenters. The molecule has 0 bridgehead atoms. The number of carbonyl (C=O) groups excluding carboxylic acids is 1. The highest BCUT2D eigenvalue weighted by Gasteiger charge is 2.30. The number of benzene rings is 1. The number of nitrogens with one attached hydrogen (secondary N) is 1. The third kappa shape index (κ3) is 2.81. The fraction of sp³-hybridized carbons (Fsp3) is 0.333. The van der Waals surface area contributed by atoms with Gasteiger partial charge < -0.3 is 9.64 Å². The molecule has 0 amide bonds. The first-order valence-electron chi connectivity index (χ1n) is 8.97. The number of esters is 1. The minimum absolute atomic E-state index is 0.295. The number of aryl methyl sites for hydroxylation is 1. The maximum Gasteiger partial charge on any atom is 0.340 e. The van der Waals surface area contributed by atoms with Crippen molar-refractivity contribution < 1.29 is 14.4 Å². The van der Waals surface area contributed by atoms with Crippen LogP contribution in [0.5, 0.6) is 0 Å². The summed E-state index contributed by atoms with van der Waals surface area (Å²) in [6.07, 6.45) is 1.09. The van der Waals surface area contributed by atoms with Crippen molar-refractivity contribution in [2.24, 2.45) is 0 Å². The number of quaternary nitrogens is 1. The van der Waals surface area contributed by atoms with Crippen LogP contribution in [0.4, 0.5) is 0 Å². The second-order valence-electron chi connectivity index (χ2n) is 6.92. The molecule has 26 heavy (non-hydrogen) atoms. The summed E-state index contributed by atoms with van der Waals surface area (Å²) in [6.45, 7) is 6.05. The summed E-state index contributed by atoms with van der Waals surface area (Å²) in [5, 5.41) is 3.20. The Morgan fingerprint density at radius 3 is 2.96 bits per heavy atom. The van der Waals surface area contributed by atoms with Gasteiger partial charge in [-0.1, -0.05) is 18.2 Å². The lowest BCUT2D eigenvalue weighted by Crippen LogP contribution is -3.11. The van der Waals surface area contributed by atoms with Gasteiger partial charge in [-0.15, -0.1) is 11.3 Å². The van der Waals surface area contributed by atoms with Gasteiger partial charge in [0.15, 0.2) is 0 Å². The third-order valence-electron chi connectivity index (χ3n) is 5.54. The van der Waals surface area contributed by atoms with Crippen LogP contribution in [-0.4, -0.2) is 24.6 Å². The summed E-state index contributed by atoms with van der Waals surface area (Å²) in [7, 11) is 1.44. The molecule has 0 saturated carbocycles. The molecule has 4 nitrogen and oxygen atoms in total. The van der Waals surface area contributed by atoms with Crippen molar-refractivity contribution >= 4 is 28.2 Å². The lowest BCUT2D eigenvalue weighted by molar-refractivity contribution is -0.945. The summed E-state index contributed by atoms with van der Waals surface area (Å²) in [5.74, 6) is -0.295. The highest BCUT2D eigenvalue weighted by atomic mass is 32.1. The van der Waals surface area contributed by atoms with Crippen molar-refractivity contribution in [3.05, 3.63) is 63.0 Å². The van der Waals surface area contributed by atoms with E-state index in [9.17, 15) is 4.79 Å². The number of hydrogen-bond donors (Lipinski definition) is 1. The predicted molar refractivity (Wildman–Crippen MR) is 104 cm³/mol. The molecule has 134 valence electrons. The fourth-order valence-corrected chi connectivity index (χ4v) is 5.03. The van der Waals surface area contributed by atoms with Gasteiger partial charge in [0.05, 0.1) is 24.7 Å². The highest BCUT2D eigenvalue weighted by Crippen LogP contribution is 2.26. The molecule has 2 aromatic heterocycles.